The maximum atomic E-state index is 4.36. The van der Waals surface area contributed by atoms with Gasteiger partial charge in [-0.15, -0.1) is 0 Å². The van der Waals surface area contributed by atoms with Gasteiger partial charge in [0.25, 0.3) is 0 Å². The summed E-state index contributed by atoms with van der Waals surface area (Å²) in [6, 6.07) is 1.03. The molecule has 1 N–H and O–H groups in total. The smallest absolute Gasteiger partial charge is 0.0490 e. The van der Waals surface area contributed by atoms with E-state index in [9.17, 15) is 0 Å². The van der Waals surface area contributed by atoms with E-state index in [-0.39, 0.29) is 6.04 Å². The van der Waals surface area contributed by atoms with E-state index in [2.05, 4.69) is 85.5 Å². The van der Waals surface area contributed by atoms with Crippen molar-refractivity contribution in [1.82, 2.24) is 10.2 Å². The van der Waals surface area contributed by atoms with Gasteiger partial charge in [-0.1, -0.05) is 72.4 Å². The van der Waals surface area contributed by atoms with Gasteiger partial charge in [-0.3, -0.25) is 0 Å². The Labute approximate surface area is 145 Å². The van der Waals surface area contributed by atoms with Crippen molar-refractivity contribution < 1.29 is 0 Å². The Balaban J connectivity index is 4.78. The zero-order valence-corrected chi connectivity index (χ0v) is 16.9. The van der Waals surface area contributed by atoms with Crippen LogP contribution >= 0.6 is 0 Å². The van der Waals surface area contributed by atoms with Crippen LogP contribution in [0.4, 0.5) is 0 Å². The molecule has 134 valence electrons. The van der Waals surface area contributed by atoms with Crippen molar-refractivity contribution in [2.75, 3.05) is 7.05 Å². The van der Waals surface area contributed by atoms with Crippen LogP contribution in [0.3, 0.4) is 0 Å². The van der Waals surface area contributed by atoms with E-state index in [0.717, 1.165) is 18.5 Å². The largest absolute Gasteiger partial charge is 0.371 e. The second-order valence-corrected chi connectivity index (χ2v) is 7.79. The molecular weight excluding hydrogens is 280 g/mol. The van der Waals surface area contributed by atoms with E-state index in [1.807, 2.05) is 0 Å². The Hall–Kier alpha value is -1.02. The number of hydrogen-bond donors (Lipinski definition) is 1. The van der Waals surface area contributed by atoms with Gasteiger partial charge < -0.3 is 10.2 Å². The van der Waals surface area contributed by atoms with Gasteiger partial charge in [0.2, 0.25) is 0 Å². The third-order valence-electron chi connectivity index (χ3n) is 4.75. The third-order valence-corrected chi connectivity index (χ3v) is 4.75. The quantitative estimate of drug-likeness (QED) is 0.513. The normalized spacial score (nSPS) is 14.2. The second-order valence-electron chi connectivity index (χ2n) is 7.79. The molecule has 2 heteroatoms. The van der Waals surface area contributed by atoms with Crippen LogP contribution in [0.15, 0.2) is 36.6 Å². The standard InChI is InChI=1S/C21H40N2/c1-14(2)17(7)12-13-18(8)19(9)23(11)20(10)21(15(3)4)22-16(5)6/h14-16,19,21-22H,7-8,10,12-13H2,1-6,9,11H3. The molecule has 0 aromatic rings. The van der Waals surface area contributed by atoms with Crippen LogP contribution in [-0.4, -0.2) is 30.1 Å². The summed E-state index contributed by atoms with van der Waals surface area (Å²) < 4.78 is 0. The molecule has 0 bridgehead atoms. The van der Waals surface area contributed by atoms with Gasteiger partial charge in [-0.2, -0.15) is 0 Å². The molecule has 2 nitrogen and oxygen atoms in total. The minimum atomic E-state index is 0.290. The molecule has 0 rings (SSSR count). The van der Waals surface area contributed by atoms with Crippen molar-refractivity contribution in [2.24, 2.45) is 11.8 Å². The predicted molar refractivity (Wildman–Crippen MR) is 106 cm³/mol. The average Bonchev–Trinajstić information content (AvgIpc) is 2.46. The van der Waals surface area contributed by atoms with Gasteiger partial charge in [0.1, 0.15) is 0 Å². The zero-order chi connectivity index (χ0) is 18.3. The van der Waals surface area contributed by atoms with Crippen LogP contribution in [0.5, 0.6) is 0 Å². The van der Waals surface area contributed by atoms with Crippen molar-refractivity contribution >= 4 is 0 Å². The molecule has 0 aromatic heterocycles. The van der Waals surface area contributed by atoms with Crippen molar-refractivity contribution in [3.63, 3.8) is 0 Å². The first-order chi connectivity index (χ1) is 10.5. The van der Waals surface area contributed by atoms with E-state index in [4.69, 9.17) is 0 Å². The van der Waals surface area contributed by atoms with Crippen molar-refractivity contribution in [3.05, 3.63) is 36.6 Å². The zero-order valence-electron chi connectivity index (χ0n) is 16.9. The Kier molecular flexibility index (Phi) is 9.53. The van der Waals surface area contributed by atoms with Gasteiger partial charge in [-0.25, -0.2) is 0 Å². The first-order valence-corrected chi connectivity index (χ1v) is 9.01. The minimum absolute atomic E-state index is 0.290. The van der Waals surface area contributed by atoms with Crippen LogP contribution < -0.4 is 5.32 Å². The molecule has 0 fully saturated rings. The lowest BCUT2D eigenvalue weighted by Crippen LogP contribution is -2.46. The van der Waals surface area contributed by atoms with Gasteiger partial charge >= 0.3 is 0 Å². The summed E-state index contributed by atoms with van der Waals surface area (Å²) in [5.74, 6) is 1.06. The average molecular weight is 321 g/mol. The first kappa shape index (κ1) is 22.0. The number of hydrogen-bond acceptors (Lipinski definition) is 2. The first-order valence-electron chi connectivity index (χ1n) is 9.01. The fourth-order valence-electron chi connectivity index (χ4n) is 2.59. The highest BCUT2D eigenvalue weighted by molar-refractivity contribution is 5.15. The summed E-state index contributed by atoms with van der Waals surface area (Å²) in [7, 11) is 2.13. The number of likely N-dealkylation sites (N-methyl/N-ethyl adjacent to an activating group) is 1. The summed E-state index contributed by atoms with van der Waals surface area (Å²) in [5, 5.41) is 3.63. The number of nitrogens with zero attached hydrogens (tertiary/aromatic N) is 1. The molecule has 0 aromatic carbocycles. The maximum Gasteiger partial charge on any atom is 0.0490 e. The fraction of sp³-hybridized carbons (Fsp3) is 0.714. The Morgan fingerprint density at radius 1 is 0.870 bits per heavy atom. The molecular formula is C21H40N2. The highest BCUT2D eigenvalue weighted by atomic mass is 15.2. The molecule has 0 heterocycles. The van der Waals surface area contributed by atoms with E-state index in [1.54, 1.807) is 0 Å². The maximum absolute atomic E-state index is 4.36. The molecule has 0 saturated heterocycles. The fourth-order valence-corrected chi connectivity index (χ4v) is 2.59. The number of allylic oxidation sites excluding steroid dienone is 1. The molecule has 0 aliphatic carbocycles. The van der Waals surface area contributed by atoms with Crippen molar-refractivity contribution in [3.8, 4) is 0 Å². The van der Waals surface area contributed by atoms with E-state index in [0.29, 0.717) is 23.9 Å². The Morgan fingerprint density at radius 3 is 1.74 bits per heavy atom. The molecule has 2 unspecified atom stereocenters. The second kappa shape index (κ2) is 9.97. The highest BCUT2D eigenvalue weighted by Gasteiger charge is 2.23. The molecule has 0 aliphatic rings. The van der Waals surface area contributed by atoms with Crippen molar-refractivity contribution in [1.29, 1.82) is 0 Å². The summed E-state index contributed by atoms with van der Waals surface area (Å²) in [5.41, 5.74) is 3.70. The van der Waals surface area contributed by atoms with Crippen LogP contribution in [-0.2, 0) is 0 Å². The van der Waals surface area contributed by atoms with E-state index >= 15 is 0 Å². The summed E-state index contributed by atoms with van der Waals surface area (Å²) in [6.45, 7) is 28.3. The Morgan fingerprint density at radius 2 is 1.35 bits per heavy atom. The lowest BCUT2D eigenvalue weighted by Gasteiger charge is -2.37. The monoisotopic (exact) mass is 320 g/mol. The topological polar surface area (TPSA) is 15.3 Å². The van der Waals surface area contributed by atoms with Gasteiger partial charge in [0.05, 0.1) is 0 Å². The molecule has 0 radical (unpaired) electrons. The third kappa shape index (κ3) is 7.39. The van der Waals surface area contributed by atoms with Gasteiger partial charge in [0.15, 0.2) is 0 Å². The molecule has 0 spiro atoms. The summed E-state index contributed by atoms with van der Waals surface area (Å²) in [4.78, 5) is 2.28. The van der Waals surface area contributed by atoms with Crippen molar-refractivity contribution in [2.45, 2.75) is 79.4 Å². The molecule has 23 heavy (non-hydrogen) atoms. The van der Waals surface area contributed by atoms with E-state index in [1.165, 1.54) is 11.1 Å². The highest BCUT2D eigenvalue weighted by Crippen LogP contribution is 2.23. The van der Waals surface area contributed by atoms with Crippen LogP contribution in [0.2, 0.25) is 0 Å². The molecule has 2 atom stereocenters. The van der Waals surface area contributed by atoms with E-state index < -0.39 is 0 Å². The summed E-state index contributed by atoms with van der Waals surface area (Å²) in [6.07, 6.45) is 2.03. The van der Waals surface area contributed by atoms with Crippen LogP contribution in [0.25, 0.3) is 0 Å². The lowest BCUT2D eigenvalue weighted by molar-refractivity contribution is 0.282. The number of nitrogens with one attached hydrogen (secondary N) is 1. The predicted octanol–water partition coefficient (Wildman–Crippen LogP) is 5.39. The lowest BCUT2D eigenvalue weighted by atomic mass is 9.94. The molecule has 0 saturated carbocycles. The molecule has 0 aliphatic heterocycles. The Bertz CT molecular complexity index is 404. The summed E-state index contributed by atoms with van der Waals surface area (Å²) >= 11 is 0. The minimum Gasteiger partial charge on any atom is -0.371 e. The van der Waals surface area contributed by atoms with Gasteiger partial charge in [0, 0.05) is 30.9 Å². The molecule has 0 amide bonds. The SMILES string of the molecule is C=C(CCC(=C)C(C)N(C)C(=C)C(NC(C)C)C(C)C)C(C)C. The van der Waals surface area contributed by atoms with Crippen LogP contribution in [0.1, 0.15) is 61.3 Å². The van der Waals surface area contributed by atoms with Crippen LogP contribution in [0, 0.1) is 11.8 Å². The number of rotatable bonds is 11. The van der Waals surface area contributed by atoms with Gasteiger partial charge in [-0.05, 0) is 31.6 Å².